The highest BCUT2D eigenvalue weighted by Crippen LogP contribution is 2.28. The Balaban J connectivity index is 3.03. The number of rotatable bonds is 2. The van der Waals surface area contributed by atoms with Crippen LogP contribution in [-0.2, 0) is 11.8 Å². The molecule has 0 amide bonds. The highest BCUT2D eigenvalue weighted by molar-refractivity contribution is 5.40. The molecule has 0 aliphatic carbocycles. The van der Waals surface area contributed by atoms with Crippen molar-refractivity contribution >= 4 is 0 Å². The zero-order valence-corrected chi connectivity index (χ0v) is 10.1. The summed E-state index contributed by atoms with van der Waals surface area (Å²) in [6.07, 6.45) is 0.746. The number of phenolic OH excluding ortho intramolecular Hbond substituents is 1. The van der Waals surface area contributed by atoms with Crippen LogP contribution in [0.15, 0.2) is 30.4 Å². The van der Waals surface area contributed by atoms with E-state index in [0.717, 1.165) is 23.1 Å². The van der Waals surface area contributed by atoms with Crippen LogP contribution >= 0.6 is 0 Å². The minimum atomic E-state index is 0.0826. The van der Waals surface area contributed by atoms with Gasteiger partial charge in [0.2, 0.25) is 0 Å². The lowest BCUT2D eigenvalue weighted by Gasteiger charge is -2.20. The van der Waals surface area contributed by atoms with Gasteiger partial charge in [0.15, 0.2) is 0 Å². The molecule has 0 aromatic heterocycles. The first kappa shape index (κ1) is 11.8. The van der Waals surface area contributed by atoms with E-state index in [1.165, 1.54) is 0 Å². The molecule has 1 nitrogen and oxygen atoms in total. The highest BCUT2D eigenvalue weighted by Gasteiger charge is 2.15. The molecule has 15 heavy (non-hydrogen) atoms. The minimum Gasteiger partial charge on any atom is -0.508 e. The second-order valence-electron chi connectivity index (χ2n) is 5.23. The molecule has 0 saturated carbocycles. The Kier molecular flexibility index (Phi) is 3.23. The topological polar surface area (TPSA) is 20.2 Å². The average Bonchev–Trinajstić information content (AvgIpc) is 2.05. The summed E-state index contributed by atoms with van der Waals surface area (Å²) in [5.41, 5.74) is 3.26. The van der Waals surface area contributed by atoms with Crippen molar-refractivity contribution in [2.24, 2.45) is 0 Å². The van der Waals surface area contributed by atoms with Crippen LogP contribution in [-0.4, -0.2) is 5.11 Å². The van der Waals surface area contributed by atoms with Crippen LogP contribution in [0.3, 0.4) is 0 Å². The van der Waals surface area contributed by atoms with Crippen molar-refractivity contribution in [1.29, 1.82) is 0 Å². The molecule has 0 unspecified atom stereocenters. The average molecular weight is 204 g/mol. The molecule has 1 aromatic rings. The summed E-state index contributed by atoms with van der Waals surface area (Å²) in [6, 6.07) is 5.93. The van der Waals surface area contributed by atoms with Gasteiger partial charge in [-0.05, 0) is 36.0 Å². The quantitative estimate of drug-likeness (QED) is 0.726. The van der Waals surface area contributed by atoms with Gasteiger partial charge in [0, 0.05) is 0 Å². The number of aromatic hydroxyl groups is 1. The van der Waals surface area contributed by atoms with E-state index in [1.807, 2.05) is 19.1 Å². The van der Waals surface area contributed by atoms with Gasteiger partial charge in [0.25, 0.3) is 0 Å². The van der Waals surface area contributed by atoms with E-state index in [9.17, 15) is 5.11 Å². The third-order valence-electron chi connectivity index (χ3n) is 2.44. The van der Waals surface area contributed by atoms with Gasteiger partial charge >= 0.3 is 0 Å². The van der Waals surface area contributed by atoms with Gasteiger partial charge in [-0.1, -0.05) is 45.1 Å². The number of hydrogen-bond acceptors (Lipinski definition) is 1. The third-order valence-corrected chi connectivity index (χ3v) is 2.44. The molecular weight excluding hydrogens is 184 g/mol. The molecular formula is C14H20O. The largest absolute Gasteiger partial charge is 0.508 e. The Morgan fingerprint density at radius 2 is 1.93 bits per heavy atom. The predicted molar refractivity (Wildman–Crippen MR) is 65.3 cm³/mol. The fourth-order valence-corrected chi connectivity index (χ4v) is 1.50. The molecule has 0 aliphatic heterocycles. The Morgan fingerprint density at radius 1 is 1.33 bits per heavy atom. The van der Waals surface area contributed by atoms with Gasteiger partial charge in [-0.25, -0.2) is 0 Å². The number of allylic oxidation sites excluding steroid dienone is 1. The second-order valence-corrected chi connectivity index (χ2v) is 5.23. The normalized spacial score (nSPS) is 11.5. The molecule has 1 rings (SSSR count). The molecule has 0 spiro atoms. The van der Waals surface area contributed by atoms with E-state index in [2.05, 4.69) is 33.4 Å². The van der Waals surface area contributed by atoms with Gasteiger partial charge in [-0.2, -0.15) is 0 Å². The number of benzene rings is 1. The summed E-state index contributed by atoms with van der Waals surface area (Å²) in [7, 11) is 0. The van der Waals surface area contributed by atoms with Crippen molar-refractivity contribution in [3.63, 3.8) is 0 Å². The van der Waals surface area contributed by atoms with Crippen LogP contribution < -0.4 is 0 Å². The lowest BCUT2D eigenvalue weighted by atomic mass is 9.86. The number of hydrogen-bond donors (Lipinski definition) is 1. The van der Waals surface area contributed by atoms with Crippen molar-refractivity contribution in [1.82, 2.24) is 0 Å². The Morgan fingerprint density at radius 3 is 2.33 bits per heavy atom. The zero-order chi connectivity index (χ0) is 11.6. The van der Waals surface area contributed by atoms with Gasteiger partial charge in [0.05, 0.1) is 0 Å². The van der Waals surface area contributed by atoms with Crippen molar-refractivity contribution < 1.29 is 5.11 Å². The summed E-state index contributed by atoms with van der Waals surface area (Å²) in [6.45, 7) is 12.2. The standard InChI is InChI=1S/C14H20O/c1-10(2)8-11-6-7-12(9-13(11)15)14(3,4)5/h6-7,9,15H,1,8H2,2-5H3. The van der Waals surface area contributed by atoms with Crippen LogP contribution in [0.1, 0.15) is 38.8 Å². The molecule has 0 aliphatic rings. The smallest absolute Gasteiger partial charge is 0.119 e. The van der Waals surface area contributed by atoms with Crippen molar-refractivity contribution in [2.75, 3.05) is 0 Å². The molecule has 0 saturated heterocycles. The van der Waals surface area contributed by atoms with Gasteiger partial charge in [-0.15, -0.1) is 0 Å². The maximum atomic E-state index is 9.86. The summed E-state index contributed by atoms with van der Waals surface area (Å²) in [4.78, 5) is 0. The maximum Gasteiger partial charge on any atom is 0.119 e. The molecule has 0 heterocycles. The maximum absolute atomic E-state index is 9.86. The van der Waals surface area contributed by atoms with E-state index in [-0.39, 0.29) is 5.41 Å². The molecule has 1 aromatic carbocycles. The van der Waals surface area contributed by atoms with E-state index in [0.29, 0.717) is 5.75 Å². The number of phenols is 1. The van der Waals surface area contributed by atoms with Gasteiger partial charge < -0.3 is 5.11 Å². The van der Waals surface area contributed by atoms with Crippen LogP contribution in [0, 0.1) is 0 Å². The first-order valence-corrected chi connectivity index (χ1v) is 5.27. The summed E-state index contributed by atoms with van der Waals surface area (Å²) in [5.74, 6) is 0.380. The highest BCUT2D eigenvalue weighted by atomic mass is 16.3. The zero-order valence-electron chi connectivity index (χ0n) is 10.1. The van der Waals surface area contributed by atoms with E-state index < -0.39 is 0 Å². The van der Waals surface area contributed by atoms with E-state index in [4.69, 9.17) is 0 Å². The Hall–Kier alpha value is -1.24. The van der Waals surface area contributed by atoms with Crippen LogP contribution in [0.25, 0.3) is 0 Å². The molecule has 0 bridgehead atoms. The van der Waals surface area contributed by atoms with Crippen molar-refractivity contribution in [2.45, 2.75) is 39.5 Å². The molecule has 0 fully saturated rings. The summed E-state index contributed by atoms with van der Waals surface area (Å²) >= 11 is 0. The molecule has 1 N–H and O–H groups in total. The van der Waals surface area contributed by atoms with E-state index >= 15 is 0 Å². The predicted octanol–water partition coefficient (Wildman–Crippen LogP) is 3.81. The molecule has 0 radical (unpaired) electrons. The summed E-state index contributed by atoms with van der Waals surface area (Å²) in [5, 5.41) is 9.86. The third kappa shape index (κ3) is 3.12. The Bertz CT molecular complexity index is 369. The van der Waals surface area contributed by atoms with Crippen LogP contribution in [0.5, 0.6) is 5.75 Å². The molecule has 82 valence electrons. The van der Waals surface area contributed by atoms with Crippen molar-refractivity contribution in [3.05, 3.63) is 41.5 Å². The molecule has 1 heteroatoms. The fourth-order valence-electron chi connectivity index (χ4n) is 1.50. The van der Waals surface area contributed by atoms with Crippen LogP contribution in [0.4, 0.5) is 0 Å². The SMILES string of the molecule is C=C(C)Cc1ccc(C(C)(C)C)cc1O. The lowest BCUT2D eigenvalue weighted by molar-refractivity contribution is 0.465. The Labute approximate surface area is 92.5 Å². The fraction of sp³-hybridized carbons (Fsp3) is 0.429. The lowest BCUT2D eigenvalue weighted by Crippen LogP contribution is -2.10. The second kappa shape index (κ2) is 4.09. The first-order chi connectivity index (χ1) is 6.80. The van der Waals surface area contributed by atoms with Gasteiger partial charge in [0.1, 0.15) is 5.75 Å². The van der Waals surface area contributed by atoms with Crippen molar-refractivity contribution in [3.8, 4) is 5.75 Å². The minimum absolute atomic E-state index is 0.0826. The monoisotopic (exact) mass is 204 g/mol. The van der Waals surface area contributed by atoms with Gasteiger partial charge in [-0.3, -0.25) is 0 Å². The van der Waals surface area contributed by atoms with Crippen LogP contribution in [0.2, 0.25) is 0 Å². The molecule has 0 atom stereocenters. The first-order valence-electron chi connectivity index (χ1n) is 5.27. The summed E-state index contributed by atoms with van der Waals surface area (Å²) < 4.78 is 0. The van der Waals surface area contributed by atoms with E-state index in [1.54, 1.807) is 0 Å².